The topological polar surface area (TPSA) is 116 Å². The number of amides is 1. The van der Waals surface area contributed by atoms with Gasteiger partial charge in [-0.2, -0.15) is 12.7 Å². The molecule has 10 heteroatoms. The Morgan fingerprint density at radius 3 is 2.73 bits per heavy atom. The largest absolute Gasteiger partial charge is 0.480 e. The number of carbonyl (C=O) groups excluding carboxylic acids is 1. The Morgan fingerprint density at radius 1 is 1.55 bits per heavy atom. The van der Waals surface area contributed by atoms with Crippen LogP contribution in [-0.4, -0.2) is 41.9 Å². The molecule has 2 rings (SSSR count). The molecule has 22 heavy (non-hydrogen) atoms. The number of thiophene rings is 1. The molecule has 0 unspecified atom stereocenters. The molecule has 1 aromatic heterocycles. The minimum Gasteiger partial charge on any atom is -0.480 e. The number of hydrogen-bond acceptors (Lipinski definition) is 6. The molecule has 0 spiro atoms. The maximum Gasteiger partial charge on any atom is 0.321 e. The van der Waals surface area contributed by atoms with E-state index in [9.17, 15) is 23.1 Å². The summed E-state index contributed by atoms with van der Waals surface area (Å²) in [6, 6.07) is 2.49. The van der Waals surface area contributed by atoms with E-state index < -0.39 is 34.3 Å². The summed E-state index contributed by atoms with van der Waals surface area (Å²) in [6.45, 7) is 3.36. The standard InChI is InChI=1S/C12H17N3O5S2/c1-7(2)9(12(17)18)13-10-11(16)14-22(19,20)15(10)6-8-4-3-5-21-8/h3-5,7,9-10,13H,6H2,1-2H3,(H,14,16)(H,17,18)/t9-,10+/m0/s1. The summed E-state index contributed by atoms with van der Waals surface area (Å²) >= 11 is 1.36. The predicted octanol–water partition coefficient (Wildman–Crippen LogP) is -0.0504. The maximum absolute atomic E-state index is 12.0. The van der Waals surface area contributed by atoms with Gasteiger partial charge in [0.25, 0.3) is 5.91 Å². The Morgan fingerprint density at radius 2 is 2.23 bits per heavy atom. The highest BCUT2D eigenvalue weighted by Gasteiger charge is 2.45. The van der Waals surface area contributed by atoms with Gasteiger partial charge in [0.2, 0.25) is 0 Å². The number of carboxylic acids is 1. The molecule has 122 valence electrons. The van der Waals surface area contributed by atoms with E-state index in [4.69, 9.17) is 0 Å². The van der Waals surface area contributed by atoms with Crippen molar-refractivity contribution in [3.8, 4) is 0 Å². The van der Waals surface area contributed by atoms with Gasteiger partial charge in [-0.15, -0.1) is 11.3 Å². The highest BCUT2D eigenvalue weighted by molar-refractivity contribution is 7.88. The second-order valence-electron chi connectivity index (χ2n) is 5.23. The van der Waals surface area contributed by atoms with Crippen LogP contribution in [0.3, 0.4) is 0 Å². The second kappa shape index (κ2) is 6.32. The number of hydrogen-bond donors (Lipinski definition) is 3. The number of nitrogens with one attached hydrogen (secondary N) is 2. The summed E-state index contributed by atoms with van der Waals surface area (Å²) in [4.78, 5) is 23.9. The first-order valence-corrected chi connectivity index (χ1v) is 8.89. The molecular formula is C12H17N3O5S2. The van der Waals surface area contributed by atoms with E-state index in [1.807, 2.05) is 4.72 Å². The van der Waals surface area contributed by atoms with E-state index in [1.165, 1.54) is 11.3 Å². The first-order chi connectivity index (χ1) is 10.2. The zero-order chi connectivity index (χ0) is 16.5. The fourth-order valence-electron chi connectivity index (χ4n) is 2.12. The fraction of sp³-hybridized carbons (Fsp3) is 0.500. The van der Waals surface area contributed by atoms with Crippen LogP contribution in [-0.2, 0) is 26.3 Å². The van der Waals surface area contributed by atoms with Gasteiger partial charge in [0.05, 0.1) is 6.54 Å². The van der Waals surface area contributed by atoms with E-state index in [-0.39, 0.29) is 12.5 Å². The van der Waals surface area contributed by atoms with Crippen LogP contribution >= 0.6 is 11.3 Å². The summed E-state index contributed by atoms with van der Waals surface area (Å²) in [5.41, 5.74) is 0. The molecule has 1 amide bonds. The van der Waals surface area contributed by atoms with Crippen LogP contribution in [0, 0.1) is 5.92 Å². The molecule has 1 aliphatic heterocycles. The van der Waals surface area contributed by atoms with Crippen LogP contribution in [0.2, 0.25) is 0 Å². The van der Waals surface area contributed by atoms with Crippen molar-refractivity contribution in [3.05, 3.63) is 22.4 Å². The van der Waals surface area contributed by atoms with Crippen molar-refractivity contribution >= 4 is 33.4 Å². The second-order valence-corrected chi connectivity index (χ2v) is 7.88. The number of aliphatic carboxylic acids is 1. The molecule has 2 atom stereocenters. The van der Waals surface area contributed by atoms with Gasteiger partial charge in [0, 0.05) is 4.88 Å². The van der Waals surface area contributed by atoms with Crippen LogP contribution in [0.5, 0.6) is 0 Å². The third kappa shape index (κ3) is 3.46. The zero-order valence-corrected chi connectivity index (χ0v) is 13.6. The number of carbonyl (C=O) groups is 2. The summed E-state index contributed by atoms with van der Waals surface area (Å²) < 4.78 is 26.9. The van der Waals surface area contributed by atoms with Gasteiger partial charge in [0.1, 0.15) is 6.04 Å². The Hall–Kier alpha value is -1.49. The Balaban J connectivity index is 2.26. The molecule has 1 fully saturated rings. The number of carboxylic acid groups (broad SMARTS) is 1. The molecule has 3 N–H and O–H groups in total. The summed E-state index contributed by atoms with van der Waals surface area (Å²) in [5, 5.41) is 13.6. The van der Waals surface area contributed by atoms with E-state index in [0.29, 0.717) is 0 Å². The van der Waals surface area contributed by atoms with Crippen LogP contribution in [0.4, 0.5) is 0 Å². The van der Waals surface area contributed by atoms with Gasteiger partial charge in [-0.1, -0.05) is 19.9 Å². The Kier molecular flexibility index (Phi) is 4.85. The zero-order valence-electron chi connectivity index (χ0n) is 12.0. The van der Waals surface area contributed by atoms with Crippen LogP contribution < -0.4 is 10.0 Å². The molecule has 0 saturated carbocycles. The summed E-state index contributed by atoms with van der Waals surface area (Å²) in [6.07, 6.45) is -1.24. The van der Waals surface area contributed by atoms with E-state index in [0.717, 1.165) is 9.18 Å². The average molecular weight is 347 g/mol. The van der Waals surface area contributed by atoms with Crippen LogP contribution in [0.25, 0.3) is 0 Å². The lowest BCUT2D eigenvalue weighted by Crippen LogP contribution is -2.54. The molecule has 1 aromatic rings. The monoisotopic (exact) mass is 347 g/mol. The minimum atomic E-state index is -3.97. The van der Waals surface area contributed by atoms with Crippen LogP contribution in [0.1, 0.15) is 18.7 Å². The van der Waals surface area contributed by atoms with Crippen LogP contribution in [0.15, 0.2) is 17.5 Å². The average Bonchev–Trinajstić information content (AvgIpc) is 2.95. The molecule has 1 aliphatic rings. The van der Waals surface area contributed by atoms with Gasteiger partial charge in [-0.05, 0) is 17.4 Å². The molecule has 1 saturated heterocycles. The smallest absolute Gasteiger partial charge is 0.321 e. The quantitative estimate of drug-likeness (QED) is 0.664. The highest BCUT2D eigenvalue weighted by atomic mass is 32.2. The van der Waals surface area contributed by atoms with E-state index in [1.54, 1.807) is 31.4 Å². The molecule has 8 nitrogen and oxygen atoms in total. The molecule has 2 heterocycles. The van der Waals surface area contributed by atoms with Crippen molar-refractivity contribution in [1.29, 1.82) is 0 Å². The summed E-state index contributed by atoms with van der Waals surface area (Å²) in [7, 11) is -3.97. The molecule has 0 aromatic carbocycles. The molecule has 0 aliphatic carbocycles. The van der Waals surface area contributed by atoms with Crippen molar-refractivity contribution in [2.75, 3.05) is 0 Å². The number of nitrogens with zero attached hydrogens (tertiary/aromatic N) is 1. The fourth-order valence-corrected chi connectivity index (χ4v) is 4.13. The van der Waals surface area contributed by atoms with Crippen molar-refractivity contribution in [3.63, 3.8) is 0 Å². The minimum absolute atomic E-state index is 0.000834. The maximum atomic E-state index is 12.0. The van der Waals surface area contributed by atoms with Gasteiger partial charge >= 0.3 is 16.2 Å². The Labute approximate surface area is 132 Å². The third-order valence-corrected chi connectivity index (χ3v) is 5.51. The lowest BCUT2D eigenvalue weighted by atomic mass is 10.0. The van der Waals surface area contributed by atoms with Crippen molar-refractivity contribution in [1.82, 2.24) is 14.3 Å². The van der Waals surface area contributed by atoms with Crippen molar-refractivity contribution < 1.29 is 23.1 Å². The van der Waals surface area contributed by atoms with E-state index in [2.05, 4.69) is 5.32 Å². The SMILES string of the molecule is CC(C)[C@H](N[C@H]1C(=O)NS(=O)(=O)N1Cc1cccs1)C(=O)O. The summed E-state index contributed by atoms with van der Waals surface area (Å²) in [5.74, 6) is -2.22. The lowest BCUT2D eigenvalue weighted by Gasteiger charge is -2.25. The van der Waals surface area contributed by atoms with Gasteiger partial charge in [0.15, 0.2) is 6.17 Å². The molecule has 0 bridgehead atoms. The van der Waals surface area contributed by atoms with Gasteiger partial charge in [-0.25, -0.2) is 4.72 Å². The normalized spacial score (nSPS) is 22.7. The first-order valence-electron chi connectivity index (χ1n) is 6.57. The Bertz CT molecular complexity index is 656. The van der Waals surface area contributed by atoms with Crippen molar-refractivity contribution in [2.45, 2.75) is 32.6 Å². The predicted molar refractivity (Wildman–Crippen MR) is 80.1 cm³/mol. The third-order valence-electron chi connectivity index (χ3n) is 3.24. The van der Waals surface area contributed by atoms with Crippen molar-refractivity contribution in [2.24, 2.45) is 5.92 Å². The van der Waals surface area contributed by atoms with Gasteiger partial charge < -0.3 is 5.11 Å². The first kappa shape index (κ1) is 16.9. The number of rotatable bonds is 6. The molecule has 0 radical (unpaired) electrons. The molecular weight excluding hydrogens is 330 g/mol. The van der Waals surface area contributed by atoms with Gasteiger partial charge in [-0.3, -0.25) is 14.9 Å². The van der Waals surface area contributed by atoms with E-state index >= 15 is 0 Å². The highest BCUT2D eigenvalue weighted by Crippen LogP contribution is 2.20. The lowest BCUT2D eigenvalue weighted by molar-refractivity contribution is -0.141.